The fourth-order valence-corrected chi connectivity index (χ4v) is 7.83. The van der Waals surface area contributed by atoms with Crippen LogP contribution in [0.1, 0.15) is 79.3 Å². The van der Waals surface area contributed by atoms with Crippen LogP contribution in [-0.2, 0) is 20.8 Å². The fraction of sp³-hybridized carbons (Fsp3) is 0.545. The molecule has 6 atom stereocenters. The highest BCUT2D eigenvalue weighted by atomic mass is 16.7. The standard InChI is InChI=1S/C33H41N5O4/c1-22-35-36-31(29-21-41-32-28(29)15-17-40-32)38(22)27-18-25-12-13-26(19-27)37(25)16-14-30(24-10-6-3-7-11-24)34-33(39)42-20-23-8-4-2-5-9-23/h2-11,25-30,32H,12-21H2,1H3,(H,34,39)/t25?,26?,27?,28-,29?,30-,32+/m0/s1. The molecule has 42 heavy (non-hydrogen) atoms. The Morgan fingerprint density at radius 3 is 2.48 bits per heavy atom. The van der Waals surface area contributed by atoms with E-state index in [9.17, 15) is 4.79 Å². The van der Waals surface area contributed by atoms with Crippen LogP contribution in [0.4, 0.5) is 4.79 Å². The van der Waals surface area contributed by atoms with Crippen LogP contribution >= 0.6 is 0 Å². The van der Waals surface area contributed by atoms with E-state index in [1.807, 2.05) is 48.5 Å². The Labute approximate surface area is 247 Å². The van der Waals surface area contributed by atoms with E-state index in [0.717, 1.165) is 61.6 Å². The predicted molar refractivity (Wildman–Crippen MR) is 157 cm³/mol. The fourth-order valence-electron chi connectivity index (χ4n) is 7.83. The molecule has 1 aromatic heterocycles. The van der Waals surface area contributed by atoms with Crippen molar-refractivity contribution in [1.82, 2.24) is 25.0 Å². The van der Waals surface area contributed by atoms with Gasteiger partial charge in [0.1, 0.15) is 18.3 Å². The van der Waals surface area contributed by atoms with Gasteiger partial charge in [-0.05, 0) is 56.6 Å². The molecule has 1 amide bonds. The van der Waals surface area contributed by atoms with Crippen LogP contribution < -0.4 is 5.32 Å². The zero-order chi connectivity index (χ0) is 28.5. The van der Waals surface area contributed by atoms with Gasteiger partial charge in [0, 0.05) is 30.6 Å². The second-order valence-electron chi connectivity index (χ2n) is 12.3. The Morgan fingerprint density at radius 1 is 0.976 bits per heavy atom. The van der Waals surface area contributed by atoms with E-state index in [1.54, 1.807) is 0 Å². The molecule has 222 valence electrons. The summed E-state index contributed by atoms with van der Waals surface area (Å²) >= 11 is 0. The molecule has 2 aromatic carbocycles. The Bertz CT molecular complexity index is 1340. The number of hydrogen-bond acceptors (Lipinski definition) is 7. The van der Waals surface area contributed by atoms with Gasteiger partial charge in [-0.3, -0.25) is 4.90 Å². The largest absolute Gasteiger partial charge is 0.445 e. The minimum absolute atomic E-state index is 0.0831. The SMILES string of the molecule is Cc1nnc(C2CO[C@H]3OCC[C@@H]23)n1C1CC2CCC(C1)N2CC[C@H](NC(=O)OCc1ccccc1)c1ccccc1. The molecule has 4 aliphatic rings. The number of ether oxygens (including phenoxy) is 3. The third-order valence-electron chi connectivity index (χ3n) is 9.87. The van der Waals surface area contributed by atoms with E-state index in [0.29, 0.717) is 30.7 Å². The Morgan fingerprint density at radius 2 is 1.71 bits per heavy atom. The highest BCUT2D eigenvalue weighted by molar-refractivity contribution is 5.68. The number of nitrogens with zero attached hydrogens (tertiary/aromatic N) is 4. The third kappa shape index (κ3) is 5.57. The lowest BCUT2D eigenvalue weighted by molar-refractivity contribution is -0.0905. The van der Waals surface area contributed by atoms with Crippen LogP contribution in [0.25, 0.3) is 0 Å². The summed E-state index contributed by atoms with van der Waals surface area (Å²) in [7, 11) is 0. The number of benzene rings is 2. The summed E-state index contributed by atoms with van der Waals surface area (Å²) in [4.78, 5) is 15.5. The Kier molecular flexibility index (Phi) is 7.97. The van der Waals surface area contributed by atoms with Crippen LogP contribution in [0.3, 0.4) is 0 Å². The number of carbonyl (C=O) groups excluding carboxylic acids is 1. The van der Waals surface area contributed by atoms with Gasteiger partial charge in [0.2, 0.25) is 0 Å². The second kappa shape index (κ2) is 12.1. The molecule has 0 radical (unpaired) electrons. The maximum Gasteiger partial charge on any atom is 0.407 e. The number of nitrogens with one attached hydrogen (secondary N) is 1. The van der Waals surface area contributed by atoms with Gasteiger partial charge in [0.15, 0.2) is 6.29 Å². The normalized spacial score (nSPS) is 29.4. The first kappa shape index (κ1) is 27.6. The van der Waals surface area contributed by atoms with Crippen molar-refractivity contribution in [3.8, 4) is 0 Å². The first-order chi connectivity index (χ1) is 20.6. The number of alkyl carbamates (subject to hydrolysis) is 1. The van der Waals surface area contributed by atoms with Gasteiger partial charge in [-0.25, -0.2) is 4.79 Å². The molecular formula is C33H41N5O4. The molecule has 0 saturated carbocycles. The van der Waals surface area contributed by atoms with Crippen LogP contribution in [0, 0.1) is 12.8 Å². The number of amides is 1. The first-order valence-corrected chi connectivity index (χ1v) is 15.6. The topological polar surface area (TPSA) is 90.7 Å². The minimum Gasteiger partial charge on any atom is -0.445 e. The summed E-state index contributed by atoms with van der Waals surface area (Å²) in [6.45, 7) is 4.73. The van der Waals surface area contributed by atoms with Gasteiger partial charge < -0.3 is 24.1 Å². The number of hydrogen-bond donors (Lipinski definition) is 1. The summed E-state index contributed by atoms with van der Waals surface area (Å²) in [5.74, 6) is 2.73. The molecule has 7 rings (SSSR count). The van der Waals surface area contributed by atoms with Crippen LogP contribution in [0.5, 0.6) is 0 Å². The van der Waals surface area contributed by atoms with Crippen LogP contribution in [-0.4, -0.2) is 63.9 Å². The molecule has 9 heteroatoms. The molecular weight excluding hydrogens is 530 g/mol. The van der Waals surface area contributed by atoms with E-state index >= 15 is 0 Å². The van der Waals surface area contributed by atoms with Crippen molar-refractivity contribution in [2.75, 3.05) is 19.8 Å². The quantitative estimate of drug-likeness (QED) is 0.373. The summed E-state index contributed by atoms with van der Waals surface area (Å²) in [6.07, 6.45) is 6.03. The van der Waals surface area contributed by atoms with Gasteiger partial charge in [-0.15, -0.1) is 10.2 Å². The molecule has 4 saturated heterocycles. The average Bonchev–Trinajstić information content (AvgIpc) is 3.78. The summed E-state index contributed by atoms with van der Waals surface area (Å²) in [5, 5.41) is 12.4. The smallest absolute Gasteiger partial charge is 0.407 e. The van der Waals surface area contributed by atoms with E-state index in [1.165, 1.54) is 12.8 Å². The van der Waals surface area contributed by atoms with E-state index < -0.39 is 0 Å². The average molecular weight is 572 g/mol. The summed E-state index contributed by atoms with van der Waals surface area (Å²) in [6, 6.07) is 21.4. The van der Waals surface area contributed by atoms with Crippen molar-refractivity contribution in [2.45, 2.75) is 88.4 Å². The maximum absolute atomic E-state index is 12.8. The Hall–Kier alpha value is -3.27. The van der Waals surface area contributed by atoms with Crippen molar-refractivity contribution < 1.29 is 19.0 Å². The number of piperidine rings is 1. The van der Waals surface area contributed by atoms with Crippen molar-refractivity contribution >= 4 is 6.09 Å². The van der Waals surface area contributed by atoms with Gasteiger partial charge in [0.05, 0.1) is 25.2 Å². The van der Waals surface area contributed by atoms with Crippen molar-refractivity contribution in [3.63, 3.8) is 0 Å². The van der Waals surface area contributed by atoms with Crippen LogP contribution in [0.2, 0.25) is 0 Å². The molecule has 9 nitrogen and oxygen atoms in total. The summed E-state index contributed by atoms with van der Waals surface area (Å²) in [5.41, 5.74) is 2.08. The van der Waals surface area contributed by atoms with Crippen LogP contribution in [0.15, 0.2) is 60.7 Å². The van der Waals surface area contributed by atoms with E-state index in [4.69, 9.17) is 14.2 Å². The first-order valence-electron chi connectivity index (χ1n) is 15.6. The lowest BCUT2D eigenvalue weighted by atomic mass is 9.91. The van der Waals surface area contributed by atoms with Crippen molar-refractivity contribution in [2.24, 2.45) is 5.92 Å². The molecule has 1 N–H and O–H groups in total. The molecule has 0 aliphatic carbocycles. The number of aromatic nitrogens is 3. The molecule has 4 aliphatic heterocycles. The molecule has 5 heterocycles. The molecule has 4 fully saturated rings. The predicted octanol–water partition coefficient (Wildman–Crippen LogP) is 5.29. The zero-order valence-corrected chi connectivity index (χ0v) is 24.3. The van der Waals surface area contributed by atoms with Gasteiger partial charge in [-0.1, -0.05) is 60.7 Å². The number of rotatable bonds is 9. The maximum atomic E-state index is 12.8. The summed E-state index contributed by atoms with van der Waals surface area (Å²) < 4.78 is 19.8. The van der Waals surface area contributed by atoms with Crippen molar-refractivity contribution in [1.29, 1.82) is 0 Å². The highest BCUT2D eigenvalue weighted by Gasteiger charge is 2.47. The third-order valence-corrected chi connectivity index (χ3v) is 9.87. The van der Waals surface area contributed by atoms with Crippen molar-refractivity contribution in [3.05, 3.63) is 83.4 Å². The minimum atomic E-state index is -0.379. The molecule has 3 unspecified atom stereocenters. The number of aryl methyl sites for hydroxylation is 1. The lowest BCUT2D eigenvalue weighted by Gasteiger charge is -2.40. The van der Waals surface area contributed by atoms with E-state index in [2.05, 4.69) is 44.0 Å². The monoisotopic (exact) mass is 571 g/mol. The van der Waals surface area contributed by atoms with Gasteiger partial charge in [0.25, 0.3) is 0 Å². The number of carbonyl (C=O) groups is 1. The second-order valence-corrected chi connectivity index (χ2v) is 12.3. The number of fused-ring (bicyclic) bond motifs is 3. The Balaban J connectivity index is 1.00. The zero-order valence-electron chi connectivity index (χ0n) is 24.3. The molecule has 2 bridgehead atoms. The molecule has 0 spiro atoms. The highest BCUT2D eigenvalue weighted by Crippen LogP contribution is 2.45. The van der Waals surface area contributed by atoms with E-state index in [-0.39, 0.29) is 30.9 Å². The molecule has 3 aromatic rings. The van der Waals surface area contributed by atoms with Gasteiger partial charge >= 0.3 is 6.09 Å². The lowest BCUT2D eigenvalue weighted by Crippen LogP contribution is -2.45. The van der Waals surface area contributed by atoms with Gasteiger partial charge in [-0.2, -0.15) is 0 Å².